The van der Waals surface area contributed by atoms with Gasteiger partial charge in [0.25, 0.3) is 5.91 Å². The second kappa shape index (κ2) is 5.99. The van der Waals surface area contributed by atoms with Crippen LogP contribution in [0.25, 0.3) is 10.2 Å². The fourth-order valence-corrected chi connectivity index (χ4v) is 2.73. The SMILES string of the molecule is CCC(C)(C)OC(C)C(=O)Nc1nc2ccc(N)cc2s1. The van der Waals surface area contributed by atoms with Crippen molar-refractivity contribution in [3.63, 3.8) is 0 Å². The van der Waals surface area contributed by atoms with E-state index in [9.17, 15) is 4.79 Å². The predicted octanol–water partition coefficient (Wildman–Crippen LogP) is 3.41. The average Bonchev–Trinajstić information content (AvgIpc) is 2.79. The standard InChI is InChI=1S/C15H21N3O2S/c1-5-15(3,4)20-9(2)13(19)18-14-17-11-7-6-10(16)8-12(11)21-14/h6-9H,5,16H2,1-4H3,(H,17,18,19). The van der Waals surface area contributed by atoms with Crippen molar-refractivity contribution in [2.75, 3.05) is 11.1 Å². The second-order valence-electron chi connectivity index (χ2n) is 5.61. The molecule has 1 unspecified atom stereocenters. The number of ether oxygens (including phenoxy) is 1. The Hall–Kier alpha value is -1.66. The number of nitrogens with zero attached hydrogens (tertiary/aromatic N) is 1. The van der Waals surface area contributed by atoms with Gasteiger partial charge in [0.15, 0.2) is 5.13 Å². The first kappa shape index (κ1) is 15.7. The summed E-state index contributed by atoms with van der Waals surface area (Å²) in [5.41, 5.74) is 6.93. The molecule has 0 fully saturated rings. The van der Waals surface area contributed by atoms with Crippen molar-refractivity contribution >= 4 is 38.3 Å². The van der Waals surface area contributed by atoms with Crippen LogP contribution in [0.15, 0.2) is 18.2 Å². The molecule has 114 valence electrons. The van der Waals surface area contributed by atoms with Crippen LogP contribution in [0.2, 0.25) is 0 Å². The van der Waals surface area contributed by atoms with Crippen LogP contribution in [0.4, 0.5) is 10.8 Å². The molecule has 0 aliphatic rings. The maximum atomic E-state index is 12.2. The van der Waals surface area contributed by atoms with Gasteiger partial charge in [-0.1, -0.05) is 18.3 Å². The Morgan fingerprint density at radius 2 is 2.24 bits per heavy atom. The summed E-state index contributed by atoms with van der Waals surface area (Å²) in [5.74, 6) is -0.191. The Bertz CT molecular complexity index is 651. The molecule has 1 atom stereocenters. The number of thiazole rings is 1. The van der Waals surface area contributed by atoms with E-state index >= 15 is 0 Å². The minimum Gasteiger partial charge on any atom is -0.399 e. The smallest absolute Gasteiger partial charge is 0.255 e. The minimum absolute atomic E-state index is 0.191. The van der Waals surface area contributed by atoms with Crippen molar-refractivity contribution < 1.29 is 9.53 Å². The molecule has 0 aliphatic carbocycles. The highest BCUT2D eigenvalue weighted by Gasteiger charge is 2.24. The fraction of sp³-hybridized carbons (Fsp3) is 0.467. The van der Waals surface area contributed by atoms with Gasteiger partial charge in [-0.2, -0.15) is 0 Å². The van der Waals surface area contributed by atoms with Gasteiger partial charge >= 0.3 is 0 Å². The molecule has 0 spiro atoms. The van der Waals surface area contributed by atoms with Crippen LogP contribution in [0.5, 0.6) is 0 Å². The van der Waals surface area contributed by atoms with Gasteiger partial charge < -0.3 is 10.5 Å². The van der Waals surface area contributed by atoms with Crippen molar-refractivity contribution in [3.05, 3.63) is 18.2 Å². The van der Waals surface area contributed by atoms with Crippen LogP contribution >= 0.6 is 11.3 Å². The molecule has 5 nitrogen and oxygen atoms in total. The molecule has 21 heavy (non-hydrogen) atoms. The summed E-state index contributed by atoms with van der Waals surface area (Å²) in [7, 11) is 0. The molecule has 3 N–H and O–H groups in total. The number of rotatable bonds is 5. The Morgan fingerprint density at radius 1 is 1.52 bits per heavy atom. The molecule has 1 aromatic heterocycles. The van der Waals surface area contributed by atoms with Crippen LogP contribution in [-0.4, -0.2) is 22.6 Å². The topological polar surface area (TPSA) is 77.2 Å². The van der Waals surface area contributed by atoms with Crippen LogP contribution in [0.1, 0.15) is 34.1 Å². The third kappa shape index (κ3) is 3.92. The highest BCUT2D eigenvalue weighted by Crippen LogP contribution is 2.27. The number of nitrogens with two attached hydrogens (primary N) is 1. The molecule has 1 heterocycles. The summed E-state index contributed by atoms with van der Waals surface area (Å²) in [6.45, 7) is 7.72. The molecule has 1 aromatic carbocycles. The lowest BCUT2D eigenvalue weighted by Crippen LogP contribution is -2.36. The van der Waals surface area contributed by atoms with E-state index in [2.05, 4.69) is 10.3 Å². The predicted molar refractivity (Wildman–Crippen MR) is 87.6 cm³/mol. The first-order valence-corrected chi connectivity index (χ1v) is 7.77. The molecule has 0 saturated heterocycles. The van der Waals surface area contributed by atoms with E-state index in [0.717, 1.165) is 16.6 Å². The van der Waals surface area contributed by atoms with Crippen LogP contribution < -0.4 is 11.1 Å². The Balaban J connectivity index is 2.07. The number of anilines is 2. The highest BCUT2D eigenvalue weighted by molar-refractivity contribution is 7.22. The number of fused-ring (bicyclic) bond motifs is 1. The molecule has 0 radical (unpaired) electrons. The van der Waals surface area contributed by atoms with Gasteiger partial charge in [0.05, 0.1) is 15.8 Å². The number of nitrogen functional groups attached to an aromatic ring is 1. The Morgan fingerprint density at radius 3 is 2.90 bits per heavy atom. The largest absolute Gasteiger partial charge is 0.399 e. The fourth-order valence-electron chi connectivity index (χ4n) is 1.82. The number of carbonyl (C=O) groups excluding carboxylic acids is 1. The van der Waals surface area contributed by atoms with Crippen molar-refractivity contribution in [2.45, 2.75) is 45.8 Å². The summed E-state index contributed by atoms with van der Waals surface area (Å²) >= 11 is 1.40. The first-order valence-electron chi connectivity index (χ1n) is 6.95. The van der Waals surface area contributed by atoms with Gasteiger partial charge in [0, 0.05) is 5.69 Å². The zero-order chi connectivity index (χ0) is 15.6. The molecule has 0 bridgehead atoms. The Labute approximate surface area is 128 Å². The minimum atomic E-state index is -0.531. The lowest BCUT2D eigenvalue weighted by molar-refractivity contribution is -0.137. The van der Waals surface area contributed by atoms with Gasteiger partial charge in [0.2, 0.25) is 0 Å². The first-order chi connectivity index (χ1) is 9.80. The highest BCUT2D eigenvalue weighted by atomic mass is 32.1. The molecule has 6 heteroatoms. The molecular weight excluding hydrogens is 286 g/mol. The number of nitrogens with one attached hydrogen (secondary N) is 1. The molecule has 2 aromatic rings. The maximum Gasteiger partial charge on any atom is 0.255 e. The number of hydrogen-bond donors (Lipinski definition) is 2. The van der Waals surface area contributed by atoms with E-state index in [1.54, 1.807) is 13.0 Å². The molecule has 2 rings (SSSR count). The van der Waals surface area contributed by atoms with Crippen LogP contribution in [0.3, 0.4) is 0 Å². The second-order valence-corrected chi connectivity index (χ2v) is 6.64. The number of aromatic nitrogens is 1. The third-order valence-electron chi connectivity index (χ3n) is 3.36. The maximum absolute atomic E-state index is 12.2. The number of benzene rings is 1. The summed E-state index contributed by atoms with van der Waals surface area (Å²) in [6, 6.07) is 5.49. The Kier molecular flexibility index (Phi) is 4.49. The van der Waals surface area contributed by atoms with Crippen LogP contribution in [-0.2, 0) is 9.53 Å². The van der Waals surface area contributed by atoms with E-state index in [4.69, 9.17) is 10.5 Å². The van der Waals surface area contributed by atoms with Gasteiger partial charge in [-0.15, -0.1) is 0 Å². The van der Waals surface area contributed by atoms with Crippen molar-refractivity contribution in [1.82, 2.24) is 4.98 Å². The zero-order valence-electron chi connectivity index (χ0n) is 12.8. The van der Waals surface area contributed by atoms with Gasteiger partial charge in [-0.25, -0.2) is 4.98 Å². The summed E-state index contributed by atoms with van der Waals surface area (Å²) < 4.78 is 6.71. The monoisotopic (exact) mass is 307 g/mol. The number of amides is 1. The lowest BCUT2D eigenvalue weighted by Gasteiger charge is -2.27. The number of hydrogen-bond acceptors (Lipinski definition) is 5. The van der Waals surface area contributed by atoms with Crippen molar-refractivity contribution in [3.8, 4) is 0 Å². The van der Waals surface area contributed by atoms with E-state index in [1.807, 2.05) is 32.9 Å². The zero-order valence-corrected chi connectivity index (χ0v) is 13.6. The van der Waals surface area contributed by atoms with Crippen LogP contribution in [0, 0.1) is 0 Å². The lowest BCUT2D eigenvalue weighted by atomic mass is 10.1. The summed E-state index contributed by atoms with van der Waals surface area (Å²) in [5, 5.41) is 3.36. The van der Waals surface area contributed by atoms with E-state index in [-0.39, 0.29) is 11.5 Å². The normalized spacial score (nSPS) is 13.3. The third-order valence-corrected chi connectivity index (χ3v) is 4.29. The quantitative estimate of drug-likeness (QED) is 0.830. The molecule has 0 aliphatic heterocycles. The van der Waals surface area contributed by atoms with Gasteiger partial charge in [-0.05, 0) is 45.4 Å². The van der Waals surface area contributed by atoms with E-state index in [0.29, 0.717) is 10.8 Å². The molecule has 0 saturated carbocycles. The van der Waals surface area contributed by atoms with E-state index < -0.39 is 6.10 Å². The average molecular weight is 307 g/mol. The van der Waals surface area contributed by atoms with E-state index in [1.165, 1.54) is 11.3 Å². The number of carbonyl (C=O) groups is 1. The summed E-state index contributed by atoms with van der Waals surface area (Å²) in [4.78, 5) is 16.5. The van der Waals surface area contributed by atoms with Crippen molar-refractivity contribution in [1.29, 1.82) is 0 Å². The molecular formula is C15H21N3O2S. The molecule has 1 amide bonds. The van der Waals surface area contributed by atoms with Crippen molar-refractivity contribution in [2.24, 2.45) is 0 Å². The summed E-state index contributed by atoms with van der Waals surface area (Å²) in [6.07, 6.45) is 0.308. The van der Waals surface area contributed by atoms with Gasteiger partial charge in [0.1, 0.15) is 6.10 Å². The van der Waals surface area contributed by atoms with Gasteiger partial charge in [-0.3, -0.25) is 10.1 Å².